The first-order valence-corrected chi connectivity index (χ1v) is 6.70. The van der Waals surface area contributed by atoms with E-state index in [1.54, 1.807) is 7.11 Å². The van der Waals surface area contributed by atoms with Gasteiger partial charge in [-0.3, -0.25) is 4.79 Å². The topological polar surface area (TPSA) is 38.3 Å². The first kappa shape index (κ1) is 12.4. The van der Waals surface area contributed by atoms with Crippen molar-refractivity contribution in [2.24, 2.45) is 0 Å². The van der Waals surface area contributed by atoms with Crippen molar-refractivity contribution in [1.82, 2.24) is 0 Å². The Hall–Kier alpha value is -1.65. The maximum atomic E-state index is 12.6. The molecule has 1 atom stereocenters. The molecule has 0 aliphatic carbocycles. The van der Waals surface area contributed by atoms with Gasteiger partial charge >= 0.3 is 0 Å². The molecule has 19 heavy (non-hydrogen) atoms. The van der Waals surface area contributed by atoms with Crippen LogP contribution in [0, 0.1) is 0 Å². The molecule has 2 aromatic rings. The van der Waals surface area contributed by atoms with Gasteiger partial charge in [-0.2, -0.15) is 0 Å². The molecule has 0 saturated heterocycles. The lowest BCUT2D eigenvalue weighted by Crippen LogP contribution is -2.40. The maximum absolute atomic E-state index is 12.6. The molecule has 2 aromatic carbocycles. The van der Waals surface area contributed by atoms with Crippen molar-refractivity contribution >= 4 is 27.4 Å². The van der Waals surface area contributed by atoms with E-state index in [0.717, 1.165) is 15.7 Å². The minimum absolute atomic E-state index is 0.0621. The molecule has 3 nitrogen and oxygen atoms in total. The van der Waals surface area contributed by atoms with E-state index < -0.39 is 5.72 Å². The van der Waals surface area contributed by atoms with Crippen molar-refractivity contribution in [3.63, 3.8) is 0 Å². The van der Waals surface area contributed by atoms with Crippen LogP contribution >= 0.6 is 15.9 Å². The number of nitrogens with one attached hydrogen (secondary N) is 1. The molecule has 0 bridgehead atoms. The van der Waals surface area contributed by atoms with Gasteiger partial charge < -0.3 is 10.1 Å². The van der Waals surface area contributed by atoms with Gasteiger partial charge in [0.25, 0.3) is 0 Å². The molecule has 1 heterocycles. The summed E-state index contributed by atoms with van der Waals surface area (Å²) >= 11 is 3.39. The van der Waals surface area contributed by atoms with Gasteiger partial charge in [0.05, 0.1) is 0 Å². The number of ether oxygens (including phenoxy) is 1. The summed E-state index contributed by atoms with van der Waals surface area (Å²) in [6.45, 7) is 0. The number of hydrogen-bond acceptors (Lipinski definition) is 3. The van der Waals surface area contributed by atoms with Crippen LogP contribution in [0.3, 0.4) is 0 Å². The normalized spacial score (nSPS) is 21.1. The molecule has 1 unspecified atom stereocenters. The number of rotatable bonds is 2. The molecule has 1 aliphatic heterocycles. The van der Waals surface area contributed by atoms with E-state index in [4.69, 9.17) is 4.74 Å². The number of benzene rings is 2. The van der Waals surface area contributed by atoms with Gasteiger partial charge in [-0.05, 0) is 24.3 Å². The summed E-state index contributed by atoms with van der Waals surface area (Å²) in [6, 6.07) is 15.0. The van der Waals surface area contributed by atoms with E-state index in [1.165, 1.54) is 0 Å². The summed E-state index contributed by atoms with van der Waals surface area (Å²) in [7, 11) is 1.54. The van der Waals surface area contributed by atoms with Crippen LogP contribution in [0.1, 0.15) is 15.9 Å². The number of fused-ring (bicyclic) bond motifs is 1. The van der Waals surface area contributed by atoms with Gasteiger partial charge in [-0.25, -0.2) is 0 Å². The number of Topliss-reactive ketones (excluding diaryl/α,β-unsaturated/α-hetero) is 1. The van der Waals surface area contributed by atoms with Gasteiger partial charge in [0.1, 0.15) is 0 Å². The molecule has 1 N–H and O–H groups in total. The molecule has 1 aliphatic rings. The van der Waals surface area contributed by atoms with Crippen LogP contribution in [0.25, 0.3) is 0 Å². The summed E-state index contributed by atoms with van der Waals surface area (Å²) < 4.78 is 6.51. The van der Waals surface area contributed by atoms with E-state index >= 15 is 0 Å². The predicted molar refractivity (Wildman–Crippen MR) is 77.2 cm³/mol. The highest BCUT2D eigenvalue weighted by Gasteiger charge is 2.47. The molecular weight excluding hydrogens is 306 g/mol. The largest absolute Gasteiger partial charge is 0.348 e. The zero-order chi connectivity index (χ0) is 13.5. The molecule has 0 radical (unpaired) electrons. The van der Waals surface area contributed by atoms with Gasteiger partial charge in [0.15, 0.2) is 0 Å². The van der Waals surface area contributed by atoms with E-state index in [-0.39, 0.29) is 5.78 Å². The van der Waals surface area contributed by atoms with E-state index in [1.807, 2.05) is 48.5 Å². The number of methoxy groups -OCH3 is 1. The van der Waals surface area contributed by atoms with Crippen LogP contribution in [0.15, 0.2) is 53.0 Å². The Morgan fingerprint density at radius 3 is 2.42 bits per heavy atom. The Morgan fingerprint density at radius 2 is 1.79 bits per heavy atom. The SMILES string of the molecule is COC1(c2ccc(Br)cc2)Nc2ccccc2C1=O. The van der Waals surface area contributed by atoms with Crippen LogP contribution in [-0.4, -0.2) is 12.9 Å². The molecule has 0 spiro atoms. The van der Waals surface area contributed by atoms with Gasteiger partial charge in [0, 0.05) is 28.4 Å². The number of carbonyl (C=O) groups excluding carboxylic acids is 1. The van der Waals surface area contributed by atoms with Crippen LogP contribution in [0.5, 0.6) is 0 Å². The molecule has 0 amide bonds. The molecule has 4 heteroatoms. The number of carbonyl (C=O) groups is 1. The maximum Gasteiger partial charge on any atom is 0.230 e. The smallest absolute Gasteiger partial charge is 0.230 e. The van der Waals surface area contributed by atoms with Crippen LogP contribution in [0.4, 0.5) is 5.69 Å². The summed E-state index contributed by atoms with van der Waals surface area (Å²) in [5, 5.41) is 3.20. The first-order valence-electron chi connectivity index (χ1n) is 5.90. The van der Waals surface area contributed by atoms with Crippen molar-refractivity contribution in [2.45, 2.75) is 5.72 Å². The third kappa shape index (κ3) is 1.79. The number of hydrogen-bond donors (Lipinski definition) is 1. The lowest BCUT2D eigenvalue weighted by Gasteiger charge is -2.27. The molecule has 0 aromatic heterocycles. The number of anilines is 1. The molecule has 0 saturated carbocycles. The minimum atomic E-state index is -1.12. The number of ketones is 1. The van der Waals surface area contributed by atoms with Crippen molar-refractivity contribution in [2.75, 3.05) is 12.4 Å². The third-order valence-electron chi connectivity index (χ3n) is 3.36. The average molecular weight is 318 g/mol. The quantitative estimate of drug-likeness (QED) is 0.920. The highest BCUT2D eigenvalue weighted by Crippen LogP contribution is 2.39. The standard InChI is InChI=1S/C15H12BrNO2/c1-19-15(10-6-8-11(16)9-7-10)14(18)12-4-2-3-5-13(12)17-15/h2-9,17H,1H3. The highest BCUT2D eigenvalue weighted by molar-refractivity contribution is 9.10. The minimum Gasteiger partial charge on any atom is -0.348 e. The summed E-state index contributed by atoms with van der Waals surface area (Å²) in [5.41, 5.74) is 1.13. The van der Waals surface area contributed by atoms with Gasteiger partial charge in [0.2, 0.25) is 11.5 Å². The lowest BCUT2D eigenvalue weighted by atomic mass is 9.97. The Morgan fingerprint density at radius 1 is 1.11 bits per heavy atom. The summed E-state index contributed by atoms with van der Waals surface area (Å²) in [5.74, 6) is -0.0621. The van der Waals surface area contributed by atoms with Crippen molar-refractivity contribution in [3.05, 3.63) is 64.1 Å². The fourth-order valence-electron chi connectivity index (χ4n) is 2.38. The first-order chi connectivity index (χ1) is 9.17. The van der Waals surface area contributed by atoms with E-state index in [9.17, 15) is 4.79 Å². The Bertz CT molecular complexity index is 639. The second-order valence-electron chi connectivity index (χ2n) is 4.39. The van der Waals surface area contributed by atoms with E-state index in [0.29, 0.717) is 5.56 Å². The van der Waals surface area contributed by atoms with Crippen LogP contribution < -0.4 is 5.32 Å². The fraction of sp³-hybridized carbons (Fsp3) is 0.133. The Balaban J connectivity index is 2.12. The van der Waals surface area contributed by atoms with E-state index in [2.05, 4.69) is 21.2 Å². The predicted octanol–water partition coefficient (Wildman–Crippen LogP) is 3.56. The molecular formula is C15H12BrNO2. The second-order valence-corrected chi connectivity index (χ2v) is 5.31. The zero-order valence-corrected chi connectivity index (χ0v) is 11.9. The monoisotopic (exact) mass is 317 g/mol. The van der Waals surface area contributed by atoms with Crippen LogP contribution in [0.2, 0.25) is 0 Å². The van der Waals surface area contributed by atoms with Gasteiger partial charge in [-0.15, -0.1) is 0 Å². The summed E-state index contributed by atoms with van der Waals surface area (Å²) in [4.78, 5) is 12.6. The molecule has 3 rings (SSSR count). The average Bonchev–Trinajstić information content (AvgIpc) is 2.74. The third-order valence-corrected chi connectivity index (χ3v) is 3.89. The molecule has 0 fully saturated rings. The van der Waals surface area contributed by atoms with Crippen LogP contribution in [-0.2, 0) is 10.5 Å². The number of halogens is 1. The Labute approximate surface area is 119 Å². The number of para-hydroxylation sites is 1. The second kappa shape index (κ2) is 4.47. The highest BCUT2D eigenvalue weighted by atomic mass is 79.9. The van der Waals surface area contributed by atoms with Gasteiger partial charge in [-0.1, -0.05) is 40.2 Å². The Kier molecular flexibility index (Phi) is 2.92. The van der Waals surface area contributed by atoms with Crippen molar-refractivity contribution in [3.8, 4) is 0 Å². The van der Waals surface area contributed by atoms with Crippen molar-refractivity contribution < 1.29 is 9.53 Å². The molecule has 96 valence electrons. The fourth-order valence-corrected chi connectivity index (χ4v) is 2.64. The summed E-state index contributed by atoms with van der Waals surface area (Å²) in [6.07, 6.45) is 0. The zero-order valence-electron chi connectivity index (χ0n) is 10.3. The van der Waals surface area contributed by atoms with Crippen molar-refractivity contribution in [1.29, 1.82) is 0 Å². The lowest BCUT2D eigenvalue weighted by molar-refractivity contribution is 0.0194.